The largest absolute Gasteiger partial charge is 0.478 e. The number of pyridine rings is 1. The molecular weight excluding hydrogens is 204 g/mol. The molecule has 0 saturated carbocycles. The highest BCUT2D eigenvalue weighted by atomic mass is 16.4. The number of hydrogen-bond acceptors (Lipinski definition) is 3. The van der Waals surface area contributed by atoms with Crippen molar-refractivity contribution in [2.24, 2.45) is 0 Å². The Labute approximate surface area is 94.7 Å². The third-order valence-electron chi connectivity index (χ3n) is 2.13. The van der Waals surface area contributed by atoms with Crippen LogP contribution >= 0.6 is 0 Å². The summed E-state index contributed by atoms with van der Waals surface area (Å²) in [4.78, 5) is 14.9. The lowest BCUT2D eigenvalue weighted by atomic mass is 10.2. The molecule has 84 valence electrons. The Kier molecular flexibility index (Phi) is 3.90. The van der Waals surface area contributed by atoms with Crippen LogP contribution < -0.4 is 5.32 Å². The Morgan fingerprint density at radius 3 is 2.88 bits per heavy atom. The van der Waals surface area contributed by atoms with Gasteiger partial charge in [0.05, 0.1) is 11.3 Å². The average Bonchev–Trinajstić information content (AvgIpc) is 2.17. The van der Waals surface area contributed by atoms with Gasteiger partial charge in [-0.3, -0.25) is 0 Å². The van der Waals surface area contributed by atoms with Gasteiger partial charge in [0.1, 0.15) is 5.82 Å². The number of rotatable bonds is 4. The van der Waals surface area contributed by atoms with Crippen LogP contribution in [0, 0.1) is 19.3 Å². The molecule has 0 aliphatic heterocycles. The molecule has 1 atom stereocenters. The zero-order valence-corrected chi connectivity index (χ0v) is 9.32. The van der Waals surface area contributed by atoms with Crippen LogP contribution in [0.4, 0.5) is 5.82 Å². The van der Waals surface area contributed by atoms with Crippen LogP contribution in [0.2, 0.25) is 0 Å². The molecular formula is C12H14N2O2. The number of nitrogens with zero attached hydrogens (tertiary/aromatic N) is 1. The first-order valence-electron chi connectivity index (χ1n) is 4.95. The fourth-order valence-electron chi connectivity index (χ4n) is 1.35. The van der Waals surface area contributed by atoms with E-state index in [9.17, 15) is 4.79 Å². The van der Waals surface area contributed by atoms with Crippen molar-refractivity contribution in [2.45, 2.75) is 26.3 Å². The fraction of sp³-hybridized carbons (Fsp3) is 0.333. The number of carboxylic acid groups (broad SMARTS) is 1. The maximum atomic E-state index is 10.8. The van der Waals surface area contributed by atoms with Gasteiger partial charge in [-0.15, -0.1) is 12.3 Å². The zero-order chi connectivity index (χ0) is 12.1. The van der Waals surface area contributed by atoms with Crippen LogP contribution in [-0.4, -0.2) is 22.1 Å². The second-order valence-electron chi connectivity index (χ2n) is 3.59. The summed E-state index contributed by atoms with van der Waals surface area (Å²) >= 11 is 0. The van der Waals surface area contributed by atoms with E-state index < -0.39 is 5.97 Å². The minimum atomic E-state index is -0.965. The van der Waals surface area contributed by atoms with Crippen molar-refractivity contribution in [2.75, 3.05) is 5.32 Å². The third-order valence-corrected chi connectivity index (χ3v) is 2.13. The summed E-state index contributed by atoms with van der Waals surface area (Å²) < 4.78 is 0. The van der Waals surface area contributed by atoms with Crippen molar-refractivity contribution in [3.05, 3.63) is 23.4 Å². The Hall–Kier alpha value is -2.02. The van der Waals surface area contributed by atoms with Crippen molar-refractivity contribution < 1.29 is 9.90 Å². The number of aryl methyl sites for hydroxylation is 1. The van der Waals surface area contributed by atoms with Gasteiger partial charge in [0, 0.05) is 12.5 Å². The topological polar surface area (TPSA) is 62.2 Å². The molecule has 0 fully saturated rings. The molecule has 0 spiro atoms. The van der Waals surface area contributed by atoms with E-state index in [1.807, 2.05) is 6.92 Å². The lowest BCUT2D eigenvalue weighted by Crippen LogP contribution is -2.15. The molecule has 0 aliphatic carbocycles. The molecule has 0 aliphatic rings. The number of carboxylic acids is 1. The standard InChI is InChI=1S/C12H14N2O2/c1-4-5-8(2)13-11-7-6-10(12(15)16)9(3)14-11/h1,6-8H,5H2,2-3H3,(H,13,14)(H,15,16). The quantitative estimate of drug-likeness (QED) is 0.758. The van der Waals surface area contributed by atoms with E-state index in [1.165, 1.54) is 6.07 Å². The Morgan fingerprint density at radius 1 is 1.69 bits per heavy atom. The van der Waals surface area contributed by atoms with Gasteiger partial charge >= 0.3 is 5.97 Å². The highest BCUT2D eigenvalue weighted by Crippen LogP contribution is 2.12. The van der Waals surface area contributed by atoms with Crippen molar-refractivity contribution in [3.63, 3.8) is 0 Å². The lowest BCUT2D eigenvalue weighted by molar-refractivity contribution is 0.0695. The molecule has 1 aromatic rings. The average molecular weight is 218 g/mol. The van der Waals surface area contributed by atoms with Gasteiger partial charge < -0.3 is 10.4 Å². The van der Waals surface area contributed by atoms with E-state index in [-0.39, 0.29) is 11.6 Å². The molecule has 0 radical (unpaired) electrons. The van der Waals surface area contributed by atoms with Crippen LogP contribution in [0.15, 0.2) is 12.1 Å². The molecule has 2 N–H and O–H groups in total. The second-order valence-corrected chi connectivity index (χ2v) is 3.59. The Morgan fingerprint density at radius 2 is 2.38 bits per heavy atom. The first kappa shape index (κ1) is 12.1. The second kappa shape index (κ2) is 5.17. The first-order valence-corrected chi connectivity index (χ1v) is 4.95. The van der Waals surface area contributed by atoms with Crippen LogP contribution in [-0.2, 0) is 0 Å². The van der Waals surface area contributed by atoms with Crippen molar-refractivity contribution in [1.82, 2.24) is 4.98 Å². The van der Waals surface area contributed by atoms with Crippen LogP contribution in [0.1, 0.15) is 29.4 Å². The fourth-order valence-corrected chi connectivity index (χ4v) is 1.35. The summed E-state index contributed by atoms with van der Waals surface area (Å²) in [6.45, 7) is 3.61. The van der Waals surface area contributed by atoms with Gasteiger partial charge in [-0.2, -0.15) is 0 Å². The summed E-state index contributed by atoms with van der Waals surface area (Å²) in [5, 5.41) is 11.9. The first-order chi connectivity index (χ1) is 7.54. The van der Waals surface area contributed by atoms with Crippen molar-refractivity contribution in [3.8, 4) is 12.3 Å². The molecule has 0 saturated heterocycles. The summed E-state index contributed by atoms with van der Waals surface area (Å²) in [6, 6.07) is 3.30. The summed E-state index contributed by atoms with van der Waals surface area (Å²) in [5.74, 6) is 2.23. The van der Waals surface area contributed by atoms with Crippen molar-refractivity contribution >= 4 is 11.8 Å². The Balaban J connectivity index is 2.82. The normalized spacial score (nSPS) is 11.6. The number of terminal acetylenes is 1. The maximum absolute atomic E-state index is 10.8. The van der Waals surface area contributed by atoms with E-state index >= 15 is 0 Å². The van der Waals surface area contributed by atoms with Crippen LogP contribution in [0.3, 0.4) is 0 Å². The molecule has 4 nitrogen and oxygen atoms in total. The molecule has 1 rings (SSSR count). The number of hydrogen-bond donors (Lipinski definition) is 2. The predicted octanol–water partition coefficient (Wildman–Crippen LogP) is 1.91. The summed E-state index contributed by atoms with van der Waals surface area (Å²) in [7, 11) is 0. The highest BCUT2D eigenvalue weighted by molar-refractivity contribution is 5.89. The van der Waals surface area contributed by atoms with E-state index in [1.54, 1.807) is 13.0 Å². The van der Waals surface area contributed by atoms with E-state index in [0.717, 1.165) is 0 Å². The molecule has 1 aromatic heterocycles. The van der Waals surface area contributed by atoms with E-state index in [0.29, 0.717) is 17.9 Å². The predicted molar refractivity (Wildman–Crippen MR) is 62.5 cm³/mol. The Bertz CT molecular complexity index is 435. The van der Waals surface area contributed by atoms with Gasteiger partial charge in [-0.05, 0) is 26.0 Å². The van der Waals surface area contributed by atoms with E-state index in [4.69, 9.17) is 11.5 Å². The zero-order valence-electron chi connectivity index (χ0n) is 9.32. The third kappa shape index (κ3) is 2.99. The minimum absolute atomic E-state index is 0.118. The number of aromatic nitrogens is 1. The van der Waals surface area contributed by atoms with Crippen molar-refractivity contribution in [1.29, 1.82) is 0 Å². The number of carbonyl (C=O) groups is 1. The monoisotopic (exact) mass is 218 g/mol. The minimum Gasteiger partial charge on any atom is -0.478 e. The SMILES string of the molecule is C#CCC(C)Nc1ccc(C(=O)O)c(C)n1. The molecule has 1 heterocycles. The smallest absolute Gasteiger partial charge is 0.337 e. The van der Waals surface area contributed by atoms with Crippen LogP contribution in [0.5, 0.6) is 0 Å². The molecule has 4 heteroatoms. The van der Waals surface area contributed by atoms with Gasteiger partial charge in [0.15, 0.2) is 0 Å². The van der Waals surface area contributed by atoms with Gasteiger partial charge in [0.2, 0.25) is 0 Å². The molecule has 1 unspecified atom stereocenters. The number of aromatic carboxylic acids is 1. The van der Waals surface area contributed by atoms with Crippen LogP contribution in [0.25, 0.3) is 0 Å². The number of nitrogens with one attached hydrogen (secondary N) is 1. The summed E-state index contributed by atoms with van der Waals surface area (Å²) in [6.07, 6.45) is 5.79. The molecule has 0 amide bonds. The van der Waals surface area contributed by atoms with Gasteiger partial charge in [-0.1, -0.05) is 0 Å². The molecule has 16 heavy (non-hydrogen) atoms. The molecule has 0 bridgehead atoms. The number of anilines is 1. The molecule has 0 aromatic carbocycles. The maximum Gasteiger partial charge on any atom is 0.337 e. The van der Waals surface area contributed by atoms with E-state index in [2.05, 4.69) is 16.2 Å². The van der Waals surface area contributed by atoms with Gasteiger partial charge in [-0.25, -0.2) is 9.78 Å². The lowest BCUT2D eigenvalue weighted by Gasteiger charge is -2.12. The highest BCUT2D eigenvalue weighted by Gasteiger charge is 2.09. The summed E-state index contributed by atoms with van der Waals surface area (Å²) in [5.41, 5.74) is 0.709. The van der Waals surface area contributed by atoms with Gasteiger partial charge in [0.25, 0.3) is 0 Å².